The highest BCUT2D eigenvalue weighted by atomic mass is 16.4. The fourth-order valence-corrected chi connectivity index (χ4v) is 2.45. The summed E-state index contributed by atoms with van der Waals surface area (Å²) in [5, 5.41) is 8.50. The van der Waals surface area contributed by atoms with Gasteiger partial charge in [-0.15, -0.1) is 0 Å². The smallest absolute Gasteiger partial charge is 0.303 e. The molecular formula is C20H36O2. The standard InChI is InChI=1S/C20H36O2/c1-2-3-4-5-6-7-8-9-10-11-12-13-14-15-16-17-18-19-20(21)22/h12-13,15-16H,2-11,14,17-19H2,1H3,(H,21,22)/b13-12?,16-15-. The van der Waals surface area contributed by atoms with Crippen LogP contribution >= 0.6 is 0 Å². The van der Waals surface area contributed by atoms with Crippen molar-refractivity contribution in [1.82, 2.24) is 0 Å². The molecule has 0 aromatic rings. The molecule has 0 unspecified atom stereocenters. The number of rotatable bonds is 16. The predicted octanol–water partition coefficient (Wildman–Crippen LogP) is 6.66. The largest absolute Gasteiger partial charge is 0.481 e. The van der Waals surface area contributed by atoms with E-state index in [2.05, 4.69) is 31.2 Å². The van der Waals surface area contributed by atoms with Crippen molar-refractivity contribution in [1.29, 1.82) is 0 Å². The lowest BCUT2D eigenvalue weighted by Gasteiger charge is -2.00. The summed E-state index contributed by atoms with van der Waals surface area (Å²) < 4.78 is 0. The predicted molar refractivity (Wildman–Crippen MR) is 96.2 cm³/mol. The van der Waals surface area contributed by atoms with Gasteiger partial charge in [-0.25, -0.2) is 0 Å². The summed E-state index contributed by atoms with van der Waals surface area (Å²) in [6, 6.07) is 0. The Morgan fingerprint density at radius 2 is 1.23 bits per heavy atom. The molecule has 0 fully saturated rings. The van der Waals surface area contributed by atoms with Crippen LogP contribution in [-0.4, -0.2) is 11.1 Å². The molecule has 22 heavy (non-hydrogen) atoms. The van der Waals surface area contributed by atoms with Gasteiger partial charge in [0.15, 0.2) is 0 Å². The fourth-order valence-electron chi connectivity index (χ4n) is 2.45. The topological polar surface area (TPSA) is 37.3 Å². The monoisotopic (exact) mass is 308 g/mol. The molecule has 2 nitrogen and oxygen atoms in total. The number of unbranched alkanes of at least 4 members (excludes halogenated alkanes) is 10. The lowest BCUT2D eigenvalue weighted by atomic mass is 10.1. The van der Waals surface area contributed by atoms with E-state index in [-0.39, 0.29) is 6.42 Å². The molecule has 0 amide bonds. The number of carbonyl (C=O) groups is 1. The zero-order chi connectivity index (χ0) is 16.3. The highest BCUT2D eigenvalue weighted by Gasteiger charge is 1.93. The first-order chi connectivity index (χ1) is 10.8. The minimum atomic E-state index is -0.700. The molecule has 0 heterocycles. The van der Waals surface area contributed by atoms with Crippen LogP contribution in [0, 0.1) is 0 Å². The number of hydrogen-bond acceptors (Lipinski definition) is 1. The maximum atomic E-state index is 10.3. The third-order valence-electron chi connectivity index (χ3n) is 3.84. The average Bonchev–Trinajstić information content (AvgIpc) is 2.50. The number of aliphatic carboxylic acids is 1. The Bertz CT molecular complexity index is 292. The van der Waals surface area contributed by atoms with Crippen LogP contribution < -0.4 is 0 Å². The van der Waals surface area contributed by atoms with Gasteiger partial charge in [-0.3, -0.25) is 4.79 Å². The first-order valence-electron chi connectivity index (χ1n) is 9.29. The molecule has 0 saturated carbocycles. The van der Waals surface area contributed by atoms with Gasteiger partial charge in [-0.2, -0.15) is 0 Å². The van der Waals surface area contributed by atoms with E-state index in [1.165, 1.54) is 64.2 Å². The molecule has 0 aliphatic heterocycles. The molecule has 0 rings (SSSR count). The Morgan fingerprint density at radius 3 is 1.77 bits per heavy atom. The third-order valence-corrected chi connectivity index (χ3v) is 3.84. The number of hydrogen-bond donors (Lipinski definition) is 1. The van der Waals surface area contributed by atoms with E-state index in [9.17, 15) is 4.79 Å². The van der Waals surface area contributed by atoms with Crippen molar-refractivity contribution in [3.8, 4) is 0 Å². The summed E-state index contributed by atoms with van der Waals surface area (Å²) in [4.78, 5) is 10.3. The molecule has 0 aliphatic carbocycles. The molecule has 0 radical (unpaired) electrons. The van der Waals surface area contributed by atoms with Crippen LogP contribution in [0.2, 0.25) is 0 Å². The number of carboxylic acids is 1. The van der Waals surface area contributed by atoms with Gasteiger partial charge in [0.25, 0.3) is 0 Å². The molecular weight excluding hydrogens is 272 g/mol. The van der Waals surface area contributed by atoms with E-state index in [4.69, 9.17) is 5.11 Å². The lowest BCUT2D eigenvalue weighted by molar-refractivity contribution is -0.137. The maximum absolute atomic E-state index is 10.3. The summed E-state index contributed by atoms with van der Waals surface area (Å²) in [6.07, 6.45) is 25.3. The number of allylic oxidation sites excluding steroid dienone is 4. The van der Waals surface area contributed by atoms with Gasteiger partial charge in [0, 0.05) is 6.42 Å². The van der Waals surface area contributed by atoms with Gasteiger partial charge in [-0.05, 0) is 32.1 Å². The third kappa shape index (κ3) is 18.9. The molecule has 128 valence electrons. The summed E-state index contributed by atoms with van der Waals surface area (Å²) in [5.74, 6) is -0.700. The van der Waals surface area contributed by atoms with Crippen LogP contribution in [0.25, 0.3) is 0 Å². The molecule has 0 aromatic carbocycles. The second-order valence-electron chi connectivity index (χ2n) is 6.08. The van der Waals surface area contributed by atoms with Gasteiger partial charge in [0.05, 0.1) is 0 Å². The van der Waals surface area contributed by atoms with Crippen molar-refractivity contribution in [2.75, 3.05) is 0 Å². The lowest BCUT2D eigenvalue weighted by Crippen LogP contribution is -1.92. The van der Waals surface area contributed by atoms with E-state index in [0.29, 0.717) is 0 Å². The SMILES string of the molecule is CCCCCCCCCCCC=CC/C=C\CCCC(=O)O. The van der Waals surface area contributed by atoms with Crippen molar-refractivity contribution in [2.24, 2.45) is 0 Å². The molecule has 0 bridgehead atoms. The van der Waals surface area contributed by atoms with Crippen LogP contribution in [0.15, 0.2) is 24.3 Å². The quantitative estimate of drug-likeness (QED) is 0.255. The molecule has 1 N–H and O–H groups in total. The van der Waals surface area contributed by atoms with E-state index >= 15 is 0 Å². The van der Waals surface area contributed by atoms with Crippen molar-refractivity contribution >= 4 is 5.97 Å². The summed E-state index contributed by atoms with van der Waals surface area (Å²) in [5.41, 5.74) is 0. The molecule has 0 atom stereocenters. The first-order valence-corrected chi connectivity index (χ1v) is 9.29. The average molecular weight is 309 g/mol. The summed E-state index contributed by atoms with van der Waals surface area (Å²) >= 11 is 0. The van der Waals surface area contributed by atoms with Gasteiger partial charge >= 0.3 is 5.97 Å². The normalized spacial score (nSPS) is 11.7. The Hall–Kier alpha value is -1.05. The van der Waals surface area contributed by atoms with Crippen molar-refractivity contribution < 1.29 is 9.90 Å². The van der Waals surface area contributed by atoms with E-state index in [0.717, 1.165) is 19.3 Å². The Labute approximate surface area is 137 Å². The highest BCUT2D eigenvalue weighted by molar-refractivity contribution is 5.66. The van der Waals surface area contributed by atoms with Crippen LogP contribution in [0.3, 0.4) is 0 Å². The molecule has 2 heteroatoms. The van der Waals surface area contributed by atoms with Gasteiger partial charge in [-0.1, -0.05) is 82.6 Å². The fraction of sp³-hybridized carbons (Fsp3) is 0.750. The summed E-state index contributed by atoms with van der Waals surface area (Å²) in [6.45, 7) is 2.27. The van der Waals surface area contributed by atoms with Crippen LogP contribution in [0.4, 0.5) is 0 Å². The minimum absolute atomic E-state index is 0.277. The second-order valence-corrected chi connectivity index (χ2v) is 6.08. The van der Waals surface area contributed by atoms with Crippen LogP contribution in [0.1, 0.15) is 96.8 Å². The Morgan fingerprint density at radius 1 is 0.727 bits per heavy atom. The Balaban J connectivity index is 3.17. The molecule has 0 aliphatic rings. The van der Waals surface area contributed by atoms with Crippen molar-refractivity contribution in [2.45, 2.75) is 96.8 Å². The van der Waals surface area contributed by atoms with Crippen LogP contribution in [0.5, 0.6) is 0 Å². The van der Waals surface area contributed by atoms with Gasteiger partial charge in [0.1, 0.15) is 0 Å². The molecule has 0 aromatic heterocycles. The van der Waals surface area contributed by atoms with Crippen molar-refractivity contribution in [3.63, 3.8) is 0 Å². The number of carboxylic acid groups (broad SMARTS) is 1. The minimum Gasteiger partial charge on any atom is -0.481 e. The maximum Gasteiger partial charge on any atom is 0.303 e. The zero-order valence-corrected chi connectivity index (χ0v) is 14.6. The zero-order valence-electron chi connectivity index (χ0n) is 14.6. The van der Waals surface area contributed by atoms with Crippen molar-refractivity contribution in [3.05, 3.63) is 24.3 Å². The second kappa shape index (κ2) is 18.0. The molecule has 0 saturated heterocycles. The van der Waals surface area contributed by atoms with Crippen LogP contribution in [-0.2, 0) is 4.79 Å². The van der Waals surface area contributed by atoms with E-state index < -0.39 is 5.97 Å². The van der Waals surface area contributed by atoms with Gasteiger partial charge in [0.2, 0.25) is 0 Å². The van der Waals surface area contributed by atoms with Gasteiger partial charge < -0.3 is 5.11 Å². The Kier molecular flexibility index (Phi) is 17.1. The first kappa shape index (κ1) is 20.9. The van der Waals surface area contributed by atoms with E-state index in [1.54, 1.807) is 0 Å². The molecule has 0 spiro atoms. The van der Waals surface area contributed by atoms with E-state index in [1.807, 2.05) is 0 Å². The summed E-state index contributed by atoms with van der Waals surface area (Å²) in [7, 11) is 0. The highest BCUT2D eigenvalue weighted by Crippen LogP contribution is 2.10.